The molecule has 1 aliphatic heterocycles. The smallest absolute Gasteiger partial charge is 0.231 e. The second-order valence-electron chi connectivity index (χ2n) is 6.83. The summed E-state index contributed by atoms with van der Waals surface area (Å²) in [7, 11) is 0. The van der Waals surface area contributed by atoms with Gasteiger partial charge < -0.3 is 11.1 Å². The van der Waals surface area contributed by atoms with Crippen molar-refractivity contribution in [1.29, 1.82) is 0 Å². The summed E-state index contributed by atoms with van der Waals surface area (Å²) in [6.45, 7) is 4.87. The maximum Gasteiger partial charge on any atom is 0.231 e. The van der Waals surface area contributed by atoms with Gasteiger partial charge in [-0.25, -0.2) is 0 Å². The molecule has 3 fully saturated rings. The molecular weight excluding hydrogens is 226 g/mol. The maximum atomic E-state index is 10.9. The van der Waals surface area contributed by atoms with E-state index in [0.717, 1.165) is 31.1 Å². The van der Waals surface area contributed by atoms with Gasteiger partial charge in [-0.15, -0.1) is 0 Å². The molecule has 18 heavy (non-hydrogen) atoms. The Balaban J connectivity index is 1.39. The number of rotatable bonds is 4. The Labute approximate surface area is 109 Å². The first-order valence-corrected chi connectivity index (χ1v) is 7.33. The number of nitrogens with zero attached hydrogens (tertiary/aromatic N) is 1. The minimum Gasteiger partial charge on any atom is -0.369 e. The number of primary amides is 1. The molecule has 2 aliphatic carbocycles. The first-order valence-electron chi connectivity index (χ1n) is 7.33. The monoisotopic (exact) mass is 251 g/mol. The number of amides is 1. The third-order valence-electron chi connectivity index (χ3n) is 5.21. The molecule has 0 unspecified atom stereocenters. The van der Waals surface area contributed by atoms with Gasteiger partial charge in [0.05, 0.1) is 6.54 Å². The zero-order valence-electron chi connectivity index (χ0n) is 11.3. The molecule has 1 amide bonds. The van der Waals surface area contributed by atoms with E-state index in [1.807, 2.05) is 0 Å². The molecule has 4 heteroatoms. The standard InChI is InChI=1S/C14H25N3O/c1-10-6-12(10)16-11-7-14(8-11)2-4-17(5-3-14)9-13(15)18/h10-12,16H,2-9H2,1H3,(H2,15,18)/t10-,12-/m1/s1. The molecule has 2 saturated carbocycles. The van der Waals surface area contributed by atoms with E-state index in [0.29, 0.717) is 12.0 Å². The quantitative estimate of drug-likeness (QED) is 0.774. The lowest BCUT2D eigenvalue weighted by Crippen LogP contribution is -2.55. The van der Waals surface area contributed by atoms with Crippen LogP contribution in [0.2, 0.25) is 0 Å². The number of hydrogen-bond acceptors (Lipinski definition) is 3. The van der Waals surface area contributed by atoms with Gasteiger partial charge in [-0.2, -0.15) is 0 Å². The fourth-order valence-corrected chi connectivity index (χ4v) is 3.77. The molecule has 3 aliphatic rings. The van der Waals surface area contributed by atoms with Crippen LogP contribution >= 0.6 is 0 Å². The highest BCUT2D eigenvalue weighted by atomic mass is 16.1. The van der Waals surface area contributed by atoms with Crippen LogP contribution in [-0.2, 0) is 4.79 Å². The van der Waals surface area contributed by atoms with Crippen LogP contribution in [0.5, 0.6) is 0 Å². The lowest BCUT2D eigenvalue weighted by atomic mass is 9.60. The fourth-order valence-electron chi connectivity index (χ4n) is 3.77. The average molecular weight is 251 g/mol. The van der Waals surface area contributed by atoms with Crippen LogP contribution in [-0.4, -0.2) is 42.5 Å². The van der Waals surface area contributed by atoms with Crippen molar-refractivity contribution in [2.75, 3.05) is 19.6 Å². The summed E-state index contributed by atoms with van der Waals surface area (Å²) in [5, 5.41) is 3.77. The molecule has 2 atom stereocenters. The van der Waals surface area contributed by atoms with Crippen LogP contribution in [0.4, 0.5) is 0 Å². The van der Waals surface area contributed by atoms with Crippen LogP contribution in [0, 0.1) is 11.3 Å². The average Bonchev–Trinajstić information content (AvgIpc) is 2.94. The van der Waals surface area contributed by atoms with Crippen molar-refractivity contribution in [1.82, 2.24) is 10.2 Å². The predicted molar refractivity (Wildman–Crippen MR) is 71.0 cm³/mol. The van der Waals surface area contributed by atoms with Crippen molar-refractivity contribution in [2.24, 2.45) is 17.1 Å². The highest BCUT2D eigenvalue weighted by molar-refractivity contribution is 5.75. The zero-order chi connectivity index (χ0) is 12.8. The molecule has 102 valence electrons. The first-order chi connectivity index (χ1) is 8.56. The van der Waals surface area contributed by atoms with E-state index in [1.54, 1.807) is 0 Å². The number of piperidine rings is 1. The van der Waals surface area contributed by atoms with Gasteiger partial charge in [0.15, 0.2) is 0 Å². The highest BCUT2D eigenvalue weighted by Gasteiger charge is 2.47. The Morgan fingerprint density at radius 2 is 2.00 bits per heavy atom. The lowest BCUT2D eigenvalue weighted by molar-refractivity contribution is -0.120. The van der Waals surface area contributed by atoms with Gasteiger partial charge in [0.1, 0.15) is 0 Å². The van der Waals surface area contributed by atoms with Gasteiger partial charge in [-0.1, -0.05) is 6.92 Å². The van der Waals surface area contributed by atoms with Crippen LogP contribution in [0.15, 0.2) is 0 Å². The molecule has 4 nitrogen and oxygen atoms in total. The second-order valence-corrected chi connectivity index (χ2v) is 6.83. The van der Waals surface area contributed by atoms with Crippen LogP contribution in [0.25, 0.3) is 0 Å². The SMILES string of the molecule is C[C@@H]1C[C@H]1NC1CC2(CCN(CC(N)=O)CC2)C1. The minimum absolute atomic E-state index is 0.193. The molecular formula is C14H25N3O. The largest absolute Gasteiger partial charge is 0.369 e. The Bertz CT molecular complexity index is 328. The van der Waals surface area contributed by atoms with E-state index in [4.69, 9.17) is 5.73 Å². The van der Waals surface area contributed by atoms with E-state index >= 15 is 0 Å². The van der Waals surface area contributed by atoms with Crippen molar-refractivity contribution >= 4 is 5.91 Å². The van der Waals surface area contributed by atoms with E-state index < -0.39 is 0 Å². The van der Waals surface area contributed by atoms with Gasteiger partial charge in [-0.05, 0) is 56.5 Å². The maximum absolute atomic E-state index is 10.9. The Hall–Kier alpha value is -0.610. The Kier molecular flexibility index (Phi) is 3.10. The van der Waals surface area contributed by atoms with Crippen molar-refractivity contribution < 1.29 is 4.79 Å². The topological polar surface area (TPSA) is 58.4 Å². The molecule has 0 bridgehead atoms. The summed E-state index contributed by atoms with van der Waals surface area (Å²) in [5.41, 5.74) is 5.83. The molecule has 1 spiro atoms. The number of nitrogens with one attached hydrogen (secondary N) is 1. The minimum atomic E-state index is -0.193. The number of likely N-dealkylation sites (tertiary alicyclic amines) is 1. The third-order valence-corrected chi connectivity index (χ3v) is 5.21. The molecule has 0 aromatic rings. The lowest BCUT2D eigenvalue weighted by Gasteiger charge is -2.52. The third kappa shape index (κ3) is 2.54. The first kappa shape index (κ1) is 12.4. The van der Waals surface area contributed by atoms with Gasteiger partial charge in [0.2, 0.25) is 5.91 Å². The molecule has 0 aromatic carbocycles. The number of hydrogen-bond donors (Lipinski definition) is 2. The Morgan fingerprint density at radius 1 is 1.39 bits per heavy atom. The summed E-state index contributed by atoms with van der Waals surface area (Å²) in [5.74, 6) is 0.709. The summed E-state index contributed by atoms with van der Waals surface area (Å²) in [6.07, 6.45) is 6.56. The molecule has 3 rings (SSSR count). The molecule has 3 N–H and O–H groups in total. The van der Waals surface area contributed by atoms with E-state index in [1.165, 1.54) is 32.1 Å². The zero-order valence-corrected chi connectivity index (χ0v) is 11.3. The molecule has 0 aromatic heterocycles. The van der Waals surface area contributed by atoms with Crippen LogP contribution in [0.3, 0.4) is 0 Å². The fraction of sp³-hybridized carbons (Fsp3) is 0.929. The second kappa shape index (κ2) is 4.49. The van der Waals surface area contributed by atoms with Gasteiger partial charge in [-0.3, -0.25) is 9.69 Å². The van der Waals surface area contributed by atoms with Gasteiger partial charge in [0, 0.05) is 12.1 Å². The number of carbonyl (C=O) groups excluding carboxylic acids is 1. The van der Waals surface area contributed by atoms with Crippen LogP contribution in [0.1, 0.15) is 39.0 Å². The van der Waals surface area contributed by atoms with Crippen LogP contribution < -0.4 is 11.1 Å². The van der Waals surface area contributed by atoms with E-state index in [2.05, 4.69) is 17.1 Å². The van der Waals surface area contributed by atoms with Crippen molar-refractivity contribution in [3.05, 3.63) is 0 Å². The molecule has 0 radical (unpaired) electrons. The Morgan fingerprint density at radius 3 is 2.50 bits per heavy atom. The van der Waals surface area contributed by atoms with Crippen molar-refractivity contribution in [3.63, 3.8) is 0 Å². The van der Waals surface area contributed by atoms with E-state index in [-0.39, 0.29) is 5.91 Å². The molecule has 1 heterocycles. The summed E-state index contributed by atoms with van der Waals surface area (Å²) < 4.78 is 0. The summed E-state index contributed by atoms with van der Waals surface area (Å²) >= 11 is 0. The molecule has 1 saturated heterocycles. The summed E-state index contributed by atoms with van der Waals surface area (Å²) in [4.78, 5) is 13.1. The van der Waals surface area contributed by atoms with Gasteiger partial charge in [0.25, 0.3) is 0 Å². The van der Waals surface area contributed by atoms with Gasteiger partial charge >= 0.3 is 0 Å². The predicted octanol–water partition coefficient (Wildman–Crippen LogP) is 0.714. The highest BCUT2D eigenvalue weighted by Crippen LogP contribution is 2.50. The van der Waals surface area contributed by atoms with Crippen molar-refractivity contribution in [2.45, 2.75) is 51.1 Å². The van der Waals surface area contributed by atoms with E-state index in [9.17, 15) is 4.79 Å². The number of carbonyl (C=O) groups is 1. The normalized spacial score (nSPS) is 35.4. The van der Waals surface area contributed by atoms with Crippen molar-refractivity contribution in [3.8, 4) is 0 Å². The summed E-state index contributed by atoms with van der Waals surface area (Å²) in [6, 6.07) is 1.57. The number of nitrogens with two attached hydrogens (primary N) is 1.